The van der Waals surface area contributed by atoms with Crippen LogP contribution in [0.2, 0.25) is 0 Å². The van der Waals surface area contributed by atoms with Crippen LogP contribution in [0, 0.1) is 6.92 Å². The third-order valence-corrected chi connectivity index (χ3v) is 3.71. The van der Waals surface area contributed by atoms with E-state index in [1.165, 1.54) is 6.07 Å². The van der Waals surface area contributed by atoms with Crippen molar-refractivity contribution in [1.82, 2.24) is 4.57 Å². The van der Waals surface area contributed by atoms with E-state index in [4.69, 9.17) is 4.74 Å². The quantitative estimate of drug-likeness (QED) is 0.777. The first-order valence-electron chi connectivity index (χ1n) is 6.74. The fourth-order valence-electron chi connectivity index (χ4n) is 2.76. The van der Waals surface area contributed by atoms with E-state index in [2.05, 4.69) is 0 Å². The van der Waals surface area contributed by atoms with Gasteiger partial charge in [0.05, 0.1) is 18.2 Å². The van der Waals surface area contributed by atoms with E-state index in [1.807, 2.05) is 28.8 Å². The number of benzene rings is 2. The van der Waals surface area contributed by atoms with Gasteiger partial charge in [-0.2, -0.15) is 0 Å². The highest BCUT2D eigenvalue weighted by Crippen LogP contribution is 2.32. The van der Waals surface area contributed by atoms with Gasteiger partial charge in [-0.1, -0.05) is 6.07 Å². The Morgan fingerprint density at radius 2 is 1.95 bits per heavy atom. The van der Waals surface area contributed by atoms with Crippen molar-refractivity contribution in [2.45, 2.75) is 6.92 Å². The first-order chi connectivity index (χ1) is 10.5. The molecule has 0 atom stereocenters. The number of carboxylic acids is 1. The molecule has 112 valence electrons. The van der Waals surface area contributed by atoms with E-state index >= 15 is 0 Å². The number of ether oxygens (including phenoxy) is 1. The molecule has 2 N–H and O–H groups in total. The number of hydrogen-bond donors (Lipinski definition) is 2. The fourth-order valence-corrected chi connectivity index (χ4v) is 2.76. The summed E-state index contributed by atoms with van der Waals surface area (Å²) in [6.45, 7) is 1.75. The number of carboxylic acid groups (broad SMARTS) is 1. The number of aromatic hydroxyl groups is 1. The molecule has 1 heterocycles. The number of methoxy groups -OCH3 is 1. The summed E-state index contributed by atoms with van der Waals surface area (Å²) in [5.41, 5.74) is 2.32. The van der Waals surface area contributed by atoms with Crippen LogP contribution in [0.3, 0.4) is 0 Å². The van der Waals surface area contributed by atoms with Crippen molar-refractivity contribution >= 4 is 16.9 Å². The third-order valence-electron chi connectivity index (χ3n) is 3.71. The van der Waals surface area contributed by atoms with Crippen LogP contribution in [0.15, 0.2) is 42.5 Å². The van der Waals surface area contributed by atoms with E-state index in [1.54, 1.807) is 26.2 Å². The Kier molecular flexibility index (Phi) is 3.25. The van der Waals surface area contributed by atoms with E-state index in [0.29, 0.717) is 16.8 Å². The minimum absolute atomic E-state index is 0.0396. The van der Waals surface area contributed by atoms with Crippen molar-refractivity contribution in [3.63, 3.8) is 0 Å². The Bertz CT molecular complexity index is 880. The summed E-state index contributed by atoms with van der Waals surface area (Å²) in [5.74, 6) is -0.290. The lowest BCUT2D eigenvalue weighted by Gasteiger charge is -2.10. The van der Waals surface area contributed by atoms with Crippen LogP contribution in [0.5, 0.6) is 11.5 Å². The molecular formula is C17H15NO4. The van der Waals surface area contributed by atoms with Crippen LogP contribution in [0.1, 0.15) is 16.1 Å². The molecule has 0 aliphatic rings. The number of rotatable bonds is 3. The van der Waals surface area contributed by atoms with Gasteiger partial charge in [0, 0.05) is 22.8 Å². The first-order valence-corrected chi connectivity index (χ1v) is 6.74. The number of aromatic nitrogens is 1. The molecular weight excluding hydrogens is 282 g/mol. The molecule has 2 aromatic carbocycles. The summed E-state index contributed by atoms with van der Waals surface area (Å²) in [4.78, 5) is 11.6. The van der Waals surface area contributed by atoms with Gasteiger partial charge in [-0.15, -0.1) is 0 Å². The van der Waals surface area contributed by atoms with Crippen LogP contribution in [-0.4, -0.2) is 27.9 Å². The summed E-state index contributed by atoms with van der Waals surface area (Å²) in [7, 11) is 1.58. The lowest BCUT2D eigenvalue weighted by molar-refractivity contribution is 0.0698. The van der Waals surface area contributed by atoms with Crippen molar-refractivity contribution in [2.75, 3.05) is 7.11 Å². The molecule has 0 bridgehead atoms. The number of hydrogen-bond acceptors (Lipinski definition) is 3. The molecule has 5 nitrogen and oxygen atoms in total. The van der Waals surface area contributed by atoms with Crippen LogP contribution in [-0.2, 0) is 0 Å². The topological polar surface area (TPSA) is 71.7 Å². The first kappa shape index (κ1) is 14.0. The number of phenols is 1. The zero-order chi connectivity index (χ0) is 15.9. The number of aromatic carboxylic acids is 1. The summed E-state index contributed by atoms with van der Waals surface area (Å²) in [5, 5.41) is 19.7. The normalized spacial score (nSPS) is 10.8. The fraction of sp³-hybridized carbons (Fsp3) is 0.118. The smallest absolute Gasteiger partial charge is 0.338 e. The predicted octanol–water partition coefficient (Wildman–Crippen LogP) is 3.35. The average Bonchev–Trinajstić information content (AvgIpc) is 2.78. The van der Waals surface area contributed by atoms with Gasteiger partial charge in [0.15, 0.2) is 0 Å². The monoisotopic (exact) mass is 297 g/mol. The third kappa shape index (κ3) is 2.07. The molecule has 0 saturated carbocycles. The van der Waals surface area contributed by atoms with Crippen LogP contribution >= 0.6 is 0 Å². The Labute approximate surface area is 127 Å². The van der Waals surface area contributed by atoms with Crippen LogP contribution in [0.4, 0.5) is 0 Å². The summed E-state index contributed by atoms with van der Waals surface area (Å²) < 4.78 is 7.08. The van der Waals surface area contributed by atoms with Gasteiger partial charge in [-0.3, -0.25) is 0 Å². The van der Waals surface area contributed by atoms with Crippen molar-refractivity contribution in [3.8, 4) is 17.2 Å². The molecule has 1 aromatic heterocycles. The maximum atomic E-state index is 11.6. The largest absolute Gasteiger partial charge is 0.508 e. The molecule has 0 spiro atoms. The molecule has 0 unspecified atom stereocenters. The van der Waals surface area contributed by atoms with Gasteiger partial charge in [-0.05, 0) is 37.3 Å². The minimum atomic E-state index is -1.02. The van der Waals surface area contributed by atoms with Gasteiger partial charge in [0.2, 0.25) is 0 Å². The van der Waals surface area contributed by atoms with E-state index in [-0.39, 0.29) is 11.3 Å². The molecule has 0 radical (unpaired) electrons. The van der Waals surface area contributed by atoms with Gasteiger partial charge in [0.25, 0.3) is 0 Å². The molecule has 0 fully saturated rings. The van der Waals surface area contributed by atoms with Crippen LogP contribution < -0.4 is 4.74 Å². The molecule has 0 aliphatic carbocycles. The summed E-state index contributed by atoms with van der Waals surface area (Å²) in [6, 6.07) is 12.1. The minimum Gasteiger partial charge on any atom is -0.508 e. The number of carbonyl (C=O) groups is 1. The second kappa shape index (κ2) is 5.11. The Morgan fingerprint density at radius 3 is 2.64 bits per heavy atom. The summed E-state index contributed by atoms with van der Waals surface area (Å²) >= 11 is 0. The van der Waals surface area contributed by atoms with E-state index in [9.17, 15) is 15.0 Å². The Balaban J connectivity index is 2.38. The average molecular weight is 297 g/mol. The number of fused-ring (bicyclic) bond motifs is 1. The number of nitrogens with zero attached hydrogens (tertiary/aromatic N) is 1. The number of phenolic OH excluding ortho intramolecular Hbond substituents is 1. The molecule has 5 heteroatoms. The summed E-state index contributed by atoms with van der Waals surface area (Å²) in [6.07, 6.45) is 0. The van der Waals surface area contributed by atoms with Gasteiger partial charge in [-0.25, -0.2) is 4.79 Å². The standard InChI is InChI=1S/C17H15NO4/c1-10-16(17(20)21)14-9-12(19)6-7-15(14)18(10)11-4-3-5-13(8-11)22-2/h3-9,19H,1-2H3,(H,20,21). The molecule has 0 saturated heterocycles. The highest BCUT2D eigenvalue weighted by molar-refractivity contribution is 6.06. The maximum absolute atomic E-state index is 11.6. The molecule has 0 aliphatic heterocycles. The van der Waals surface area contributed by atoms with Gasteiger partial charge in [0.1, 0.15) is 11.5 Å². The SMILES string of the molecule is COc1cccc(-n2c(C)c(C(=O)O)c3cc(O)ccc32)c1. The van der Waals surface area contributed by atoms with Crippen molar-refractivity contribution in [3.05, 3.63) is 53.7 Å². The van der Waals surface area contributed by atoms with E-state index in [0.717, 1.165) is 11.2 Å². The zero-order valence-corrected chi connectivity index (χ0v) is 12.2. The lowest BCUT2D eigenvalue weighted by atomic mass is 10.1. The highest BCUT2D eigenvalue weighted by Gasteiger charge is 2.20. The zero-order valence-electron chi connectivity index (χ0n) is 12.2. The second-order valence-electron chi connectivity index (χ2n) is 5.00. The van der Waals surface area contributed by atoms with Crippen molar-refractivity contribution in [2.24, 2.45) is 0 Å². The maximum Gasteiger partial charge on any atom is 0.338 e. The molecule has 3 aromatic rings. The predicted molar refractivity (Wildman–Crippen MR) is 83.2 cm³/mol. The molecule has 0 amide bonds. The van der Waals surface area contributed by atoms with Crippen molar-refractivity contribution < 1.29 is 19.7 Å². The highest BCUT2D eigenvalue weighted by atomic mass is 16.5. The van der Waals surface area contributed by atoms with E-state index < -0.39 is 5.97 Å². The van der Waals surface area contributed by atoms with Crippen molar-refractivity contribution in [1.29, 1.82) is 0 Å². The Hall–Kier alpha value is -2.95. The Morgan fingerprint density at radius 1 is 1.18 bits per heavy atom. The van der Waals surface area contributed by atoms with Crippen LogP contribution in [0.25, 0.3) is 16.6 Å². The van der Waals surface area contributed by atoms with Gasteiger partial charge >= 0.3 is 5.97 Å². The second-order valence-corrected chi connectivity index (χ2v) is 5.00. The molecule has 22 heavy (non-hydrogen) atoms. The molecule has 3 rings (SSSR count). The van der Waals surface area contributed by atoms with Gasteiger partial charge < -0.3 is 19.5 Å². The lowest BCUT2D eigenvalue weighted by Crippen LogP contribution is -2.01.